The largest absolute Gasteiger partial charge is 0.339 e. The molecule has 2 aliphatic heterocycles. The second kappa shape index (κ2) is 7.90. The van der Waals surface area contributed by atoms with E-state index in [0.717, 1.165) is 44.1 Å². The van der Waals surface area contributed by atoms with Crippen molar-refractivity contribution in [1.29, 1.82) is 0 Å². The zero-order chi connectivity index (χ0) is 17.4. The monoisotopic (exact) mass is 399 g/mol. The Kier molecular flexibility index (Phi) is 5.79. The van der Waals surface area contributed by atoms with Gasteiger partial charge in [-0.2, -0.15) is 0 Å². The number of nitrogens with zero attached hydrogens (tertiary/aromatic N) is 4. The van der Waals surface area contributed by atoms with Crippen molar-refractivity contribution in [3.8, 4) is 0 Å². The van der Waals surface area contributed by atoms with Gasteiger partial charge in [0.15, 0.2) is 0 Å². The van der Waals surface area contributed by atoms with Crippen molar-refractivity contribution >= 4 is 29.9 Å². The topological polar surface area (TPSA) is 63.1 Å². The summed E-state index contributed by atoms with van der Waals surface area (Å²) in [7, 11) is 0. The van der Waals surface area contributed by atoms with Crippen molar-refractivity contribution in [3.05, 3.63) is 46.3 Å². The first-order chi connectivity index (χ1) is 12.1. The van der Waals surface area contributed by atoms with Crippen LogP contribution in [0.2, 0.25) is 5.02 Å². The zero-order valence-electron chi connectivity index (χ0n) is 14.1. The van der Waals surface area contributed by atoms with E-state index < -0.39 is 5.82 Å². The average Bonchev–Trinajstić information content (AvgIpc) is 3.04. The predicted octanol–water partition coefficient (Wildman–Crippen LogP) is 2.62. The van der Waals surface area contributed by atoms with E-state index >= 15 is 0 Å². The number of fused-ring (bicyclic) bond motifs is 1. The molecule has 0 saturated carbocycles. The summed E-state index contributed by atoms with van der Waals surface area (Å²) in [6.45, 7) is 3.81. The second-order valence-electron chi connectivity index (χ2n) is 6.53. The molecule has 1 N–H and O–H groups in total. The van der Waals surface area contributed by atoms with E-state index in [9.17, 15) is 9.18 Å². The SMILES string of the molecule is Cl.O=C(c1cc(F)cc(Cl)c1)N1CCC(c2nnc3n2CCNC3)CC1. The summed E-state index contributed by atoms with van der Waals surface area (Å²) in [6, 6.07) is 3.96. The highest BCUT2D eigenvalue weighted by molar-refractivity contribution is 6.31. The van der Waals surface area contributed by atoms with Gasteiger partial charge in [-0.25, -0.2) is 4.39 Å². The molecule has 1 aromatic carbocycles. The van der Waals surface area contributed by atoms with Crippen LogP contribution in [0.1, 0.15) is 40.8 Å². The maximum absolute atomic E-state index is 13.5. The highest BCUT2D eigenvalue weighted by Crippen LogP contribution is 2.29. The number of benzene rings is 1. The van der Waals surface area contributed by atoms with Gasteiger partial charge >= 0.3 is 0 Å². The number of carbonyl (C=O) groups is 1. The third-order valence-corrected chi connectivity index (χ3v) is 5.13. The highest BCUT2D eigenvalue weighted by atomic mass is 35.5. The first kappa shape index (κ1) is 19.1. The molecule has 0 aliphatic carbocycles. The Morgan fingerprint density at radius 2 is 1.96 bits per heavy atom. The molecule has 1 fully saturated rings. The highest BCUT2D eigenvalue weighted by Gasteiger charge is 2.29. The van der Waals surface area contributed by atoms with Gasteiger partial charge in [-0.05, 0) is 31.0 Å². The van der Waals surface area contributed by atoms with Gasteiger partial charge in [-0.15, -0.1) is 22.6 Å². The molecule has 0 atom stereocenters. The Morgan fingerprint density at radius 1 is 1.19 bits per heavy atom. The van der Waals surface area contributed by atoms with Gasteiger partial charge in [0.25, 0.3) is 5.91 Å². The maximum atomic E-state index is 13.5. The van der Waals surface area contributed by atoms with Crippen molar-refractivity contribution in [2.75, 3.05) is 19.6 Å². The lowest BCUT2D eigenvalue weighted by Gasteiger charge is -2.32. The Labute approximate surface area is 162 Å². The van der Waals surface area contributed by atoms with Gasteiger partial charge in [0.05, 0.1) is 6.54 Å². The van der Waals surface area contributed by atoms with Gasteiger partial charge in [-0.3, -0.25) is 4.79 Å². The number of rotatable bonds is 2. The molecule has 6 nitrogen and oxygen atoms in total. The zero-order valence-corrected chi connectivity index (χ0v) is 15.7. The summed E-state index contributed by atoms with van der Waals surface area (Å²) in [6.07, 6.45) is 1.67. The molecule has 1 saturated heterocycles. The minimum atomic E-state index is -0.491. The molecule has 2 aromatic rings. The Hall–Kier alpha value is -1.70. The van der Waals surface area contributed by atoms with Crippen molar-refractivity contribution in [2.45, 2.75) is 31.8 Å². The van der Waals surface area contributed by atoms with Crippen LogP contribution in [-0.4, -0.2) is 45.2 Å². The molecule has 0 spiro atoms. The summed E-state index contributed by atoms with van der Waals surface area (Å²) < 4.78 is 15.7. The second-order valence-corrected chi connectivity index (χ2v) is 6.96. The lowest BCUT2D eigenvalue weighted by molar-refractivity contribution is 0.0709. The van der Waals surface area contributed by atoms with Gasteiger partial charge in [0.2, 0.25) is 0 Å². The molecule has 4 rings (SSSR count). The van der Waals surface area contributed by atoms with Crippen LogP contribution in [0.4, 0.5) is 4.39 Å². The fourth-order valence-electron chi connectivity index (χ4n) is 3.62. The molecular formula is C17H20Cl2FN5O. The van der Waals surface area contributed by atoms with Crippen LogP contribution in [0.5, 0.6) is 0 Å². The van der Waals surface area contributed by atoms with Crippen LogP contribution in [0.15, 0.2) is 18.2 Å². The number of hydrogen-bond donors (Lipinski definition) is 1. The van der Waals surface area contributed by atoms with Crippen LogP contribution in [0, 0.1) is 5.82 Å². The van der Waals surface area contributed by atoms with E-state index in [-0.39, 0.29) is 23.3 Å². The third-order valence-electron chi connectivity index (χ3n) is 4.91. The molecule has 1 aromatic heterocycles. The van der Waals surface area contributed by atoms with Crippen LogP contribution in [0.25, 0.3) is 0 Å². The Bertz CT molecular complexity index is 784. The molecule has 0 radical (unpaired) electrons. The number of hydrogen-bond acceptors (Lipinski definition) is 4. The van der Waals surface area contributed by atoms with E-state index in [4.69, 9.17) is 11.6 Å². The van der Waals surface area contributed by atoms with E-state index in [2.05, 4.69) is 20.1 Å². The van der Waals surface area contributed by atoms with Crippen molar-refractivity contribution in [2.24, 2.45) is 0 Å². The number of likely N-dealkylation sites (tertiary alicyclic amines) is 1. The molecule has 3 heterocycles. The quantitative estimate of drug-likeness (QED) is 0.842. The average molecular weight is 400 g/mol. The smallest absolute Gasteiger partial charge is 0.254 e. The predicted molar refractivity (Wildman–Crippen MR) is 98.3 cm³/mol. The fourth-order valence-corrected chi connectivity index (χ4v) is 3.84. The van der Waals surface area contributed by atoms with Crippen LogP contribution in [-0.2, 0) is 13.1 Å². The van der Waals surface area contributed by atoms with Gasteiger partial charge in [-0.1, -0.05) is 11.6 Å². The summed E-state index contributed by atoms with van der Waals surface area (Å²) in [5, 5.41) is 12.2. The van der Waals surface area contributed by atoms with E-state index in [1.807, 2.05) is 0 Å². The third kappa shape index (κ3) is 3.70. The van der Waals surface area contributed by atoms with Crippen molar-refractivity contribution in [3.63, 3.8) is 0 Å². The minimum absolute atomic E-state index is 0. The molecule has 140 valence electrons. The molecule has 0 bridgehead atoms. The van der Waals surface area contributed by atoms with E-state index in [0.29, 0.717) is 24.6 Å². The number of carbonyl (C=O) groups excluding carboxylic acids is 1. The Balaban J connectivity index is 0.00000196. The number of aromatic nitrogens is 3. The van der Waals surface area contributed by atoms with Gasteiger partial charge < -0.3 is 14.8 Å². The van der Waals surface area contributed by atoms with Crippen LogP contribution >= 0.6 is 24.0 Å². The molecule has 1 amide bonds. The van der Waals surface area contributed by atoms with Crippen molar-refractivity contribution < 1.29 is 9.18 Å². The van der Waals surface area contributed by atoms with E-state index in [1.165, 1.54) is 18.2 Å². The summed E-state index contributed by atoms with van der Waals surface area (Å²) in [4.78, 5) is 14.3. The summed E-state index contributed by atoms with van der Waals surface area (Å²) >= 11 is 5.86. The summed E-state index contributed by atoms with van der Waals surface area (Å²) in [5.74, 6) is 1.65. The normalized spacial score (nSPS) is 17.5. The lowest BCUT2D eigenvalue weighted by Crippen LogP contribution is -2.39. The first-order valence-electron chi connectivity index (χ1n) is 8.50. The minimum Gasteiger partial charge on any atom is -0.339 e. The molecule has 9 heteroatoms. The number of halogens is 3. The standard InChI is InChI=1S/C17H19ClFN5O.ClH/c18-13-7-12(8-14(19)9-13)17(25)23-4-1-11(2-5-23)16-22-21-15-10-20-3-6-24(15)16;/h7-9,11,20H,1-6,10H2;1H. The molecule has 2 aliphatic rings. The maximum Gasteiger partial charge on any atom is 0.254 e. The summed E-state index contributed by atoms with van der Waals surface area (Å²) in [5.41, 5.74) is 0.300. The van der Waals surface area contributed by atoms with Crippen LogP contribution < -0.4 is 5.32 Å². The van der Waals surface area contributed by atoms with Crippen LogP contribution in [0.3, 0.4) is 0 Å². The Morgan fingerprint density at radius 3 is 2.69 bits per heavy atom. The fraction of sp³-hybridized carbons (Fsp3) is 0.471. The van der Waals surface area contributed by atoms with Gasteiger partial charge in [0.1, 0.15) is 17.5 Å². The van der Waals surface area contributed by atoms with E-state index in [1.54, 1.807) is 4.90 Å². The number of amides is 1. The number of nitrogens with one attached hydrogen (secondary N) is 1. The first-order valence-corrected chi connectivity index (χ1v) is 8.87. The van der Waals surface area contributed by atoms with Gasteiger partial charge in [0, 0.05) is 42.7 Å². The molecule has 26 heavy (non-hydrogen) atoms. The molecular weight excluding hydrogens is 380 g/mol. The van der Waals surface area contributed by atoms with Crippen molar-refractivity contribution in [1.82, 2.24) is 25.0 Å². The number of piperidine rings is 1. The lowest BCUT2D eigenvalue weighted by atomic mass is 9.95. The molecule has 0 unspecified atom stereocenters.